The van der Waals surface area contributed by atoms with Crippen molar-refractivity contribution >= 4 is 17.6 Å². The molecule has 6 heteroatoms. The molecule has 2 saturated carbocycles. The third-order valence-electron chi connectivity index (χ3n) is 5.34. The van der Waals surface area contributed by atoms with E-state index < -0.39 is 0 Å². The van der Waals surface area contributed by atoms with Crippen molar-refractivity contribution in [2.45, 2.75) is 32.1 Å². The fraction of sp³-hybridized carbons (Fsp3) is 0.579. The molecule has 25 heavy (non-hydrogen) atoms. The molecule has 0 spiro atoms. The Morgan fingerprint density at radius 3 is 2.56 bits per heavy atom. The molecule has 2 aliphatic rings. The van der Waals surface area contributed by atoms with Crippen LogP contribution < -0.4 is 14.8 Å². The molecule has 6 nitrogen and oxygen atoms in total. The Hall–Kier alpha value is -2.24. The van der Waals surface area contributed by atoms with Gasteiger partial charge in [0.2, 0.25) is 0 Å². The maximum Gasteiger partial charge on any atom is 0.306 e. The molecule has 0 unspecified atom stereocenters. The van der Waals surface area contributed by atoms with Crippen molar-refractivity contribution in [1.82, 2.24) is 0 Å². The first kappa shape index (κ1) is 17.6. The summed E-state index contributed by atoms with van der Waals surface area (Å²) < 4.78 is 15.5. The van der Waals surface area contributed by atoms with E-state index in [4.69, 9.17) is 14.2 Å². The molecule has 0 radical (unpaired) electrons. The van der Waals surface area contributed by atoms with Gasteiger partial charge in [0.25, 0.3) is 5.91 Å². The molecule has 1 aromatic rings. The zero-order valence-electron chi connectivity index (χ0n) is 14.7. The van der Waals surface area contributed by atoms with Crippen LogP contribution in [0.25, 0.3) is 0 Å². The van der Waals surface area contributed by atoms with Gasteiger partial charge in [-0.1, -0.05) is 6.42 Å². The molecule has 0 aromatic heterocycles. The SMILES string of the molecule is COc1ccc(NC(=O)COC(=O)C[C@H]2C[C@H]3CC[C@@H]2C3)cc1OC. The Balaban J connectivity index is 1.44. The van der Waals surface area contributed by atoms with Crippen LogP contribution in [0.3, 0.4) is 0 Å². The van der Waals surface area contributed by atoms with Crippen molar-refractivity contribution in [2.24, 2.45) is 17.8 Å². The number of carbonyl (C=O) groups is 2. The minimum atomic E-state index is -0.367. The van der Waals surface area contributed by atoms with Crippen LogP contribution >= 0.6 is 0 Å². The summed E-state index contributed by atoms with van der Waals surface area (Å²) in [6, 6.07) is 5.07. The predicted octanol–water partition coefficient (Wildman–Crippen LogP) is 3.01. The van der Waals surface area contributed by atoms with Crippen LogP contribution in [0, 0.1) is 17.8 Å². The Labute approximate surface area is 147 Å². The Bertz CT molecular complexity index is 645. The van der Waals surface area contributed by atoms with E-state index in [1.807, 2.05) is 0 Å². The summed E-state index contributed by atoms with van der Waals surface area (Å²) in [5.41, 5.74) is 0.562. The number of hydrogen-bond acceptors (Lipinski definition) is 5. The molecule has 1 N–H and O–H groups in total. The molecule has 1 aromatic carbocycles. The largest absolute Gasteiger partial charge is 0.493 e. The molecule has 2 fully saturated rings. The second kappa shape index (κ2) is 7.76. The summed E-state index contributed by atoms with van der Waals surface area (Å²) in [5, 5.41) is 2.69. The van der Waals surface area contributed by atoms with Crippen LogP contribution in [0.5, 0.6) is 11.5 Å². The summed E-state index contributed by atoms with van der Waals surface area (Å²) in [6.07, 6.45) is 5.38. The topological polar surface area (TPSA) is 73.9 Å². The molecule has 2 aliphatic carbocycles. The fourth-order valence-corrected chi connectivity index (χ4v) is 4.16. The van der Waals surface area contributed by atoms with E-state index in [1.165, 1.54) is 26.4 Å². The van der Waals surface area contributed by atoms with Crippen molar-refractivity contribution in [2.75, 3.05) is 26.1 Å². The fourth-order valence-electron chi connectivity index (χ4n) is 4.16. The summed E-state index contributed by atoms with van der Waals surface area (Å²) in [7, 11) is 3.08. The molecule has 3 rings (SSSR count). The summed E-state index contributed by atoms with van der Waals surface area (Å²) in [6.45, 7) is -0.270. The molecular weight excluding hydrogens is 322 g/mol. The van der Waals surface area contributed by atoms with E-state index in [0.717, 1.165) is 12.3 Å². The Morgan fingerprint density at radius 2 is 1.92 bits per heavy atom. The lowest BCUT2D eigenvalue weighted by atomic mass is 9.86. The number of nitrogens with one attached hydrogen (secondary N) is 1. The van der Waals surface area contributed by atoms with Crippen LogP contribution in [-0.2, 0) is 14.3 Å². The van der Waals surface area contributed by atoms with E-state index in [-0.39, 0.29) is 18.5 Å². The third-order valence-corrected chi connectivity index (χ3v) is 5.34. The quantitative estimate of drug-likeness (QED) is 0.768. The first-order valence-electron chi connectivity index (χ1n) is 8.76. The lowest BCUT2D eigenvalue weighted by molar-refractivity contribution is -0.148. The van der Waals surface area contributed by atoms with Gasteiger partial charge in [-0.05, 0) is 49.1 Å². The normalized spacial score (nSPS) is 24.0. The molecule has 136 valence electrons. The number of hydrogen-bond donors (Lipinski definition) is 1. The van der Waals surface area contributed by atoms with Gasteiger partial charge in [-0.15, -0.1) is 0 Å². The highest BCUT2D eigenvalue weighted by atomic mass is 16.5. The number of ether oxygens (including phenoxy) is 3. The maximum absolute atomic E-state index is 12.0. The smallest absolute Gasteiger partial charge is 0.306 e. The first-order valence-corrected chi connectivity index (χ1v) is 8.76. The van der Waals surface area contributed by atoms with Crippen LogP contribution in [0.15, 0.2) is 18.2 Å². The van der Waals surface area contributed by atoms with Crippen molar-refractivity contribution in [3.05, 3.63) is 18.2 Å². The highest BCUT2D eigenvalue weighted by Gasteiger charge is 2.40. The van der Waals surface area contributed by atoms with E-state index in [9.17, 15) is 9.59 Å². The van der Waals surface area contributed by atoms with Gasteiger partial charge < -0.3 is 19.5 Å². The summed E-state index contributed by atoms with van der Waals surface area (Å²) in [4.78, 5) is 24.0. The van der Waals surface area contributed by atoms with E-state index in [2.05, 4.69) is 5.32 Å². The minimum Gasteiger partial charge on any atom is -0.493 e. The monoisotopic (exact) mass is 347 g/mol. The predicted molar refractivity (Wildman–Crippen MR) is 92.7 cm³/mol. The minimum absolute atomic E-state index is 0.270. The number of fused-ring (bicyclic) bond motifs is 2. The van der Waals surface area contributed by atoms with E-state index in [0.29, 0.717) is 35.4 Å². The Morgan fingerprint density at radius 1 is 1.12 bits per heavy atom. The van der Waals surface area contributed by atoms with Gasteiger partial charge in [0.05, 0.1) is 14.2 Å². The van der Waals surface area contributed by atoms with E-state index in [1.54, 1.807) is 25.3 Å². The van der Waals surface area contributed by atoms with Crippen molar-refractivity contribution in [3.63, 3.8) is 0 Å². The van der Waals surface area contributed by atoms with Crippen LogP contribution in [0.1, 0.15) is 32.1 Å². The highest BCUT2D eigenvalue weighted by molar-refractivity contribution is 5.93. The van der Waals surface area contributed by atoms with Crippen molar-refractivity contribution in [3.8, 4) is 11.5 Å². The van der Waals surface area contributed by atoms with Crippen LogP contribution in [0.4, 0.5) is 5.69 Å². The van der Waals surface area contributed by atoms with Gasteiger partial charge in [0.1, 0.15) is 0 Å². The maximum atomic E-state index is 12.0. The van der Waals surface area contributed by atoms with E-state index >= 15 is 0 Å². The lowest BCUT2D eigenvalue weighted by Gasteiger charge is -2.20. The first-order chi connectivity index (χ1) is 12.1. The molecule has 2 bridgehead atoms. The van der Waals surface area contributed by atoms with Gasteiger partial charge in [0.15, 0.2) is 18.1 Å². The van der Waals surface area contributed by atoms with Gasteiger partial charge in [-0.25, -0.2) is 0 Å². The van der Waals surface area contributed by atoms with Crippen molar-refractivity contribution < 1.29 is 23.8 Å². The van der Waals surface area contributed by atoms with Gasteiger partial charge in [-0.3, -0.25) is 9.59 Å². The Kier molecular flexibility index (Phi) is 5.46. The molecule has 0 heterocycles. The second-order valence-corrected chi connectivity index (χ2v) is 6.92. The highest BCUT2D eigenvalue weighted by Crippen LogP contribution is 2.49. The second-order valence-electron chi connectivity index (χ2n) is 6.92. The van der Waals surface area contributed by atoms with Gasteiger partial charge in [0, 0.05) is 18.2 Å². The molecule has 0 saturated heterocycles. The van der Waals surface area contributed by atoms with Gasteiger partial charge >= 0.3 is 5.97 Å². The lowest BCUT2D eigenvalue weighted by Crippen LogP contribution is -2.23. The number of amides is 1. The molecule has 1 amide bonds. The zero-order chi connectivity index (χ0) is 17.8. The van der Waals surface area contributed by atoms with Crippen LogP contribution in [-0.4, -0.2) is 32.7 Å². The summed E-state index contributed by atoms with van der Waals surface area (Å²) in [5.74, 6) is 2.38. The zero-order valence-corrected chi connectivity index (χ0v) is 14.7. The number of methoxy groups -OCH3 is 2. The average molecular weight is 347 g/mol. The number of rotatable bonds is 7. The average Bonchev–Trinajstić information content (AvgIpc) is 3.22. The number of benzene rings is 1. The molecule has 3 atom stereocenters. The molecular formula is C19H25NO5. The standard InChI is InChI=1S/C19H25NO5/c1-23-16-6-5-15(10-17(16)24-2)20-18(21)11-25-19(22)9-14-8-12-3-4-13(14)7-12/h5-6,10,12-14H,3-4,7-9,11H2,1-2H3,(H,20,21)/t12-,13+,14+/m0/s1. The molecule has 0 aliphatic heterocycles. The third kappa shape index (κ3) is 4.24. The number of esters is 1. The number of carbonyl (C=O) groups excluding carboxylic acids is 2. The van der Waals surface area contributed by atoms with Gasteiger partial charge in [-0.2, -0.15) is 0 Å². The van der Waals surface area contributed by atoms with Crippen LogP contribution in [0.2, 0.25) is 0 Å². The number of anilines is 1. The summed E-state index contributed by atoms with van der Waals surface area (Å²) >= 11 is 0. The van der Waals surface area contributed by atoms with Crippen molar-refractivity contribution in [1.29, 1.82) is 0 Å².